The van der Waals surface area contributed by atoms with Crippen molar-refractivity contribution < 1.29 is 4.79 Å². The fraction of sp³-hybridized carbons (Fsp3) is 0.529. The van der Waals surface area contributed by atoms with Crippen molar-refractivity contribution in [3.63, 3.8) is 0 Å². The second-order valence-corrected chi connectivity index (χ2v) is 6.56. The lowest BCUT2D eigenvalue weighted by Crippen LogP contribution is -2.37. The Morgan fingerprint density at radius 3 is 2.62 bits per heavy atom. The highest BCUT2D eigenvalue weighted by Crippen LogP contribution is 2.22. The molecule has 0 spiro atoms. The zero-order chi connectivity index (χ0) is 15.6. The summed E-state index contributed by atoms with van der Waals surface area (Å²) in [5.41, 5.74) is 1.72. The van der Waals surface area contributed by atoms with Crippen LogP contribution >= 0.6 is 0 Å². The van der Waals surface area contributed by atoms with Gasteiger partial charge in [0, 0.05) is 12.0 Å². The minimum absolute atomic E-state index is 0.0464. The molecular formula is C17H25N3O. The van der Waals surface area contributed by atoms with Crippen LogP contribution in [0.4, 0.5) is 0 Å². The van der Waals surface area contributed by atoms with E-state index >= 15 is 0 Å². The zero-order valence-corrected chi connectivity index (χ0v) is 13.6. The molecule has 0 bridgehead atoms. The van der Waals surface area contributed by atoms with Crippen LogP contribution in [0.3, 0.4) is 0 Å². The van der Waals surface area contributed by atoms with Crippen molar-refractivity contribution in [1.82, 2.24) is 14.9 Å². The number of nitrogens with zero attached hydrogens (tertiary/aromatic N) is 2. The fourth-order valence-electron chi connectivity index (χ4n) is 2.36. The Bertz CT molecular complexity index is 637. The molecule has 0 unspecified atom stereocenters. The summed E-state index contributed by atoms with van der Waals surface area (Å²) in [7, 11) is 0. The van der Waals surface area contributed by atoms with Crippen LogP contribution in [0.2, 0.25) is 0 Å². The van der Waals surface area contributed by atoms with Gasteiger partial charge in [0.2, 0.25) is 5.91 Å². The largest absolute Gasteiger partial charge is 0.346 e. The number of carbonyl (C=O) groups excluding carboxylic acids is 1. The second-order valence-electron chi connectivity index (χ2n) is 6.56. The van der Waals surface area contributed by atoms with E-state index < -0.39 is 5.41 Å². The van der Waals surface area contributed by atoms with Gasteiger partial charge in [-0.15, -0.1) is 0 Å². The topological polar surface area (TPSA) is 46.9 Å². The number of hydrogen-bond acceptors (Lipinski definition) is 2. The van der Waals surface area contributed by atoms with Gasteiger partial charge in [-0.3, -0.25) is 4.79 Å². The van der Waals surface area contributed by atoms with Gasteiger partial charge in [-0.2, -0.15) is 0 Å². The molecule has 1 heterocycles. The van der Waals surface area contributed by atoms with Gasteiger partial charge >= 0.3 is 0 Å². The molecular weight excluding hydrogens is 262 g/mol. The third-order valence-corrected chi connectivity index (χ3v) is 3.55. The SMILES string of the molecule is CCCn1c([C@H](C)NC(=O)C(C)(C)C)nc2ccccc21. The van der Waals surface area contributed by atoms with Gasteiger partial charge in [0.1, 0.15) is 5.82 Å². The highest BCUT2D eigenvalue weighted by atomic mass is 16.2. The van der Waals surface area contributed by atoms with E-state index in [1.54, 1.807) is 0 Å². The van der Waals surface area contributed by atoms with Crippen LogP contribution in [-0.2, 0) is 11.3 Å². The van der Waals surface area contributed by atoms with Crippen LogP contribution in [-0.4, -0.2) is 15.5 Å². The smallest absolute Gasteiger partial charge is 0.225 e. The molecule has 4 heteroatoms. The van der Waals surface area contributed by atoms with E-state index in [2.05, 4.69) is 22.9 Å². The summed E-state index contributed by atoms with van der Waals surface area (Å²) in [6.45, 7) is 10.8. The lowest BCUT2D eigenvalue weighted by molar-refractivity contribution is -0.129. The van der Waals surface area contributed by atoms with Crippen LogP contribution in [0, 0.1) is 5.41 Å². The quantitative estimate of drug-likeness (QED) is 0.932. The number of nitrogens with one attached hydrogen (secondary N) is 1. The minimum atomic E-state index is -0.393. The molecule has 1 aromatic heterocycles. The number of imidazole rings is 1. The number of hydrogen-bond donors (Lipinski definition) is 1. The number of aromatic nitrogens is 2. The van der Waals surface area contributed by atoms with Gasteiger partial charge in [0.05, 0.1) is 17.1 Å². The van der Waals surface area contributed by atoms with Crippen molar-refractivity contribution in [3.05, 3.63) is 30.1 Å². The van der Waals surface area contributed by atoms with Crippen LogP contribution < -0.4 is 5.32 Å². The molecule has 0 radical (unpaired) electrons. The Morgan fingerprint density at radius 2 is 2.00 bits per heavy atom. The third-order valence-electron chi connectivity index (χ3n) is 3.55. The van der Waals surface area contributed by atoms with Crippen molar-refractivity contribution in [1.29, 1.82) is 0 Å². The van der Waals surface area contributed by atoms with Crippen molar-refractivity contribution >= 4 is 16.9 Å². The van der Waals surface area contributed by atoms with Crippen LogP contribution in [0.1, 0.15) is 52.9 Å². The van der Waals surface area contributed by atoms with Crippen LogP contribution in [0.5, 0.6) is 0 Å². The predicted octanol–water partition coefficient (Wildman–Crippen LogP) is 3.67. The number of rotatable bonds is 4. The number of benzene rings is 1. The Hall–Kier alpha value is -1.84. The molecule has 114 valence electrons. The molecule has 2 rings (SSSR count). The predicted molar refractivity (Wildman–Crippen MR) is 86.0 cm³/mol. The first-order chi connectivity index (χ1) is 9.84. The minimum Gasteiger partial charge on any atom is -0.346 e. The Labute approximate surface area is 126 Å². The van der Waals surface area contributed by atoms with E-state index in [9.17, 15) is 4.79 Å². The first-order valence-corrected chi connectivity index (χ1v) is 7.60. The van der Waals surface area contributed by atoms with E-state index in [4.69, 9.17) is 4.98 Å². The first kappa shape index (κ1) is 15.5. The molecule has 0 aliphatic carbocycles. The van der Waals surface area contributed by atoms with E-state index in [0.717, 1.165) is 29.8 Å². The molecule has 21 heavy (non-hydrogen) atoms. The van der Waals surface area contributed by atoms with Crippen molar-refractivity contribution in [2.24, 2.45) is 5.41 Å². The van der Waals surface area contributed by atoms with Gasteiger partial charge in [-0.05, 0) is 25.5 Å². The second kappa shape index (κ2) is 5.88. The lowest BCUT2D eigenvalue weighted by atomic mass is 9.95. The van der Waals surface area contributed by atoms with Gasteiger partial charge in [0.15, 0.2) is 0 Å². The van der Waals surface area contributed by atoms with E-state index in [1.165, 1.54) is 0 Å². The summed E-state index contributed by atoms with van der Waals surface area (Å²) in [4.78, 5) is 16.9. The maximum atomic E-state index is 12.2. The normalized spacial score (nSPS) is 13.4. The molecule has 0 aliphatic heterocycles. The molecule has 1 aromatic carbocycles. The number of fused-ring (bicyclic) bond motifs is 1. The van der Waals surface area contributed by atoms with E-state index in [0.29, 0.717) is 0 Å². The number of aryl methyl sites for hydroxylation is 1. The van der Waals surface area contributed by atoms with Crippen molar-refractivity contribution in [2.45, 2.75) is 53.6 Å². The summed E-state index contributed by atoms with van der Waals surface area (Å²) >= 11 is 0. The number of amides is 1. The van der Waals surface area contributed by atoms with Gasteiger partial charge in [0.25, 0.3) is 0 Å². The monoisotopic (exact) mass is 287 g/mol. The Balaban J connectivity index is 2.36. The van der Waals surface area contributed by atoms with Crippen LogP contribution in [0.25, 0.3) is 11.0 Å². The maximum Gasteiger partial charge on any atom is 0.225 e. The number of para-hydroxylation sites is 2. The van der Waals surface area contributed by atoms with E-state index in [1.807, 2.05) is 45.9 Å². The summed E-state index contributed by atoms with van der Waals surface area (Å²) in [5, 5.41) is 3.07. The third kappa shape index (κ3) is 3.26. The molecule has 0 aliphatic rings. The molecule has 0 saturated heterocycles. The summed E-state index contributed by atoms with van der Waals surface area (Å²) in [6, 6.07) is 8.02. The molecule has 4 nitrogen and oxygen atoms in total. The zero-order valence-electron chi connectivity index (χ0n) is 13.6. The van der Waals surface area contributed by atoms with Gasteiger partial charge in [-0.1, -0.05) is 39.8 Å². The average molecular weight is 287 g/mol. The Kier molecular flexibility index (Phi) is 4.35. The number of carbonyl (C=O) groups is 1. The first-order valence-electron chi connectivity index (χ1n) is 7.60. The van der Waals surface area contributed by atoms with Crippen LogP contribution in [0.15, 0.2) is 24.3 Å². The molecule has 2 aromatic rings. The van der Waals surface area contributed by atoms with Gasteiger partial charge < -0.3 is 9.88 Å². The van der Waals surface area contributed by atoms with Crippen molar-refractivity contribution in [3.8, 4) is 0 Å². The Morgan fingerprint density at radius 1 is 1.33 bits per heavy atom. The molecule has 0 fully saturated rings. The molecule has 0 saturated carbocycles. The standard InChI is InChI=1S/C17H25N3O/c1-6-11-20-14-10-8-7-9-13(14)19-15(20)12(2)18-16(21)17(3,4)5/h7-10,12H,6,11H2,1-5H3,(H,18,21)/t12-/m0/s1. The fourth-order valence-corrected chi connectivity index (χ4v) is 2.36. The summed E-state index contributed by atoms with van der Waals surface area (Å²) in [6.07, 6.45) is 1.04. The molecule has 1 N–H and O–H groups in total. The van der Waals surface area contributed by atoms with E-state index in [-0.39, 0.29) is 11.9 Å². The molecule has 1 atom stereocenters. The highest BCUT2D eigenvalue weighted by molar-refractivity contribution is 5.82. The molecule has 1 amide bonds. The average Bonchev–Trinajstić information content (AvgIpc) is 2.77. The lowest BCUT2D eigenvalue weighted by Gasteiger charge is -2.22. The van der Waals surface area contributed by atoms with Crippen molar-refractivity contribution in [2.75, 3.05) is 0 Å². The highest BCUT2D eigenvalue weighted by Gasteiger charge is 2.25. The van der Waals surface area contributed by atoms with Gasteiger partial charge in [-0.25, -0.2) is 4.98 Å². The maximum absolute atomic E-state index is 12.2. The summed E-state index contributed by atoms with van der Waals surface area (Å²) in [5.74, 6) is 0.973. The summed E-state index contributed by atoms with van der Waals surface area (Å²) < 4.78 is 2.21.